The van der Waals surface area contributed by atoms with E-state index < -0.39 is 0 Å². The van der Waals surface area contributed by atoms with Crippen molar-refractivity contribution in [2.24, 2.45) is 0 Å². The van der Waals surface area contributed by atoms with Gasteiger partial charge in [0.2, 0.25) is 0 Å². The molecule has 0 saturated carbocycles. The van der Waals surface area contributed by atoms with Crippen LogP contribution >= 0.6 is 0 Å². The van der Waals surface area contributed by atoms with Crippen molar-refractivity contribution >= 4 is 5.78 Å². The molecule has 0 amide bonds. The van der Waals surface area contributed by atoms with E-state index in [1.807, 2.05) is 6.07 Å². The maximum absolute atomic E-state index is 11.8. The number of methoxy groups -OCH3 is 1. The van der Waals surface area contributed by atoms with Crippen LogP contribution in [0.5, 0.6) is 5.75 Å². The number of nitrogens with zero attached hydrogens (tertiary/aromatic N) is 1. The molecular formula is C18H27NO2. The molecule has 3 heteroatoms. The zero-order valence-corrected chi connectivity index (χ0v) is 13.7. The first kappa shape index (κ1) is 16.0. The van der Waals surface area contributed by atoms with Crippen molar-refractivity contribution in [3.63, 3.8) is 0 Å². The lowest BCUT2D eigenvalue weighted by molar-refractivity contribution is 0.101. The minimum Gasteiger partial charge on any atom is -0.496 e. The first-order chi connectivity index (χ1) is 10.1. The fourth-order valence-corrected chi connectivity index (χ4v) is 3.38. The van der Waals surface area contributed by atoms with Gasteiger partial charge in [0.05, 0.1) is 12.7 Å². The summed E-state index contributed by atoms with van der Waals surface area (Å²) in [6, 6.07) is 4.70. The lowest BCUT2D eigenvalue weighted by Crippen LogP contribution is -2.37. The molecule has 1 aromatic rings. The molecule has 3 nitrogen and oxygen atoms in total. The molecule has 21 heavy (non-hydrogen) atoms. The molecule has 0 aromatic heterocycles. The van der Waals surface area contributed by atoms with E-state index in [9.17, 15) is 4.79 Å². The van der Waals surface area contributed by atoms with Crippen molar-refractivity contribution in [3.8, 4) is 5.75 Å². The molecule has 2 rings (SSSR count). The number of hydrogen-bond acceptors (Lipinski definition) is 3. The van der Waals surface area contributed by atoms with Gasteiger partial charge in [-0.3, -0.25) is 9.69 Å². The van der Waals surface area contributed by atoms with E-state index in [4.69, 9.17) is 4.74 Å². The minimum absolute atomic E-state index is 0.0806. The highest BCUT2D eigenvalue weighted by Crippen LogP contribution is 2.32. The van der Waals surface area contributed by atoms with Crippen LogP contribution in [0.1, 0.15) is 55.1 Å². The quantitative estimate of drug-likeness (QED) is 0.720. The van der Waals surface area contributed by atoms with E-state index in [2.05, 4.69) is 24.8 Å². The molecular weight excluding hydrogens is 262 g/mol. The second kappa shape index (κ2) is 7.08. The van der Waals surface area contributed by atoms with Crippen LogP contribution in [0, 0.1) is 0 Å². The fraction of sp³-hybridized carbons (Fsp3) is 0.611. The average molecular weight is 289 g/mol. The van der Waals surface area contributed by atoms with Crippen LogP contribution in [0.3, 0.4) is 0 Å². The molecule has 1 aliphatic carbocycles. The van der Waals surface area contributed by atoms with Crippen molar-refractivity contribution in [1.29, 1.82) is 0 Å². The van der Waals surface area contributed by atoms with Crippen LogP contribution in [0.25, 0.3) is 0 Å². The number of rotatable bonds is 7. The Morgan fingerprint density at radius 2 is 1.76 bits per heavy atom. The molecule has 1 unspecified atom stereocenters. The highest BCUT2D eigenvalue weighted by atomic mass is 16.5. The standard InChI is InChI=1S/C18H27NO2/c1-5-7-19(8-6-2)16-9-14-11-17(13(3)20)18(21-4)12-15(14)10-16/h11-12,16H,5-10H2,1-4H3. The largest absolute Gasteiger partial charge is 0.496 e. The van der Waals surface area contributed by atoms with Gasteiger partial charge in [0.15, 0.2) is 5.78 Å². The summed E-state index contributed by atoms with van der Waals surface area (Å²) >= 11 is 0. The van der Waals surface area contributed by atoms with Gasteiger partial charge < -0.3 is 4.74 Å². The highest BCUT2D eigenvalue weighted by Gasteiger charge is 2.27. The van der Waals surface area contributed by atoms with Gasteiger partial charge in [0.1, 0.15) is 5.75 Å². The first-order valence-corrected chi connectivity index (χ1v) is 8.05. The Morgan fingerprint density at radius 1 is 1.19 bits per heavy atom. The van der Waals surface area contributed by atoms with Crippen LogP contribution in [-0.4, -0.2) is 36.9 Å². The molecule has 1 atom stereocenters. The van der Waals surface area contributed by atoms with Gasteiger partial charge in [-0.15, -0.1) is 0 Å². The molecule has 1 aliphatic rings. The molecule has 0 radical (unpaired) electrons. The molecule has 1 aromatic carbocycles. The normalized spacial score (nSPS) is 17.1. The first-order valence-electron chi connectivity index (χ1n) is 8.05. The van der Waals surface area contributed by atoms with Crippen LogP contribution in [0.15, 0.2) is 12.1 Å². The predicted octanol–water partition coefficient (Wildman–Crippen LogP) is 3.49. The molecule has 0 bridgehead atoms. The van der Waals surface area contributed by atoms with Gasteiger partial charge in [-0.1, -0.05) is 13.8 Å². The number of hydrogen-bond donors (Lipinski definition) is 0. The lowest BCUT2D eigenvalue weighted by Gasteiger charge is -2.27. The van der Waals surface area contributed by atoms with Gasteiger partial charge in [0.25, 0.3) is 0 Å². The second-order valence-electron chi connectivity index (χ2n) is 5.98. The van der Waals surface area contributed by atoms with Gasteiger partial charge in [0, 0.05) is 6.04 Å². The minimum atomic E-state index is 0.0806. The fourth-order valence-electron chi connectivity index (χ4n) is 3.38. The number of carbonyl (C=O) groups excluding carboxylic acids is 1. The zero-order valence-electron chi connectivity index (χ0n) is 13.7. The van der Waals surface area contributed by atoms with Gasteiger partial charge in [-0.25, -0.2) is 0 Å². The number of benzene rings is 1. The molecule has 0 heterocycles. The van der Waals surface area contributed by atoms with Gasteiger partial charge >= 0.3 is 0 Å². The second-order valence-corrected chi connectivity index (χ2v) is 5.98. The van der Waals surface area contributed by atoms with Crippen LogP contribution in [0.4, 0.5) is 0 Å². The number of ketones is 1. The topological polar surface area (TPSA) is 29.5 Å². The molecule has 0 aliphatic heterocycles. The van der Waals surface area contributed by atoms with Crippen molar-refractivity contribution in [2.75, 3.05) is 20.2 Å². The number of ether oxygens (including phenoxy) is 1. The Morgan fingerprint density at radius 3 is 2.24 bits per heavy atom. The van der Waals surface area contributed by atoms with E-state index in [-0.39, 0.29) is 5.78 Å². The summed E-state index contributed by atoms with van der Waals surface area (Å²) in [5.74, 6) is 0.802. The molecule has 116 valence electrons. The van der Waals surface area contributed by atoms with E-state index in [0.717, 1.165) is 37.2 Å². The van der Waals surface area contributed by atoms with E-state index in [1.54, 1.807) is 14.0 Å². The van der Waals surface area contributed by atoms with Crippen molar-refractivity contribution in [2.45, 2.75) is 52.5 Å². The van der Waals surface area contributed by atoms with E-state index >= 15 is 0 Å². The maximum atomic E-state index is 11.8. The number of fused-ring (bicyclic) bond motifs is 1. The van der Waals surface area contributed by atoms with Gasteiger partial charge in [-0.2, -0.15) is 0 Å². The van der Waals surface area contributed by atoms with Crippen molar-refractivity contribution in [3.05, 3.63) is 28.8 Å². The molecule has 0 N–H and O–H groups in total. The number of Topliss-reactive ketones (excluding diaryl/α,β-unsaturated/α-hetero) is 1. The third-order valence-corrected chi connectivity index (χ3v) is 4.35. The Balaban J connectivity index is 2.23. The van der Waals surface area contributed by atoms with Gasteiger partial charge in [-0.05, 0) is 69.0 Å². The van der Waals surface area contributed by atoms with Crippen LogP contribution in [0.2, 0.25) is 0 Å². The van der Waals surface area contributed by atoms with Crippen LogP contribution < -0.4 is 4.74 Å². The van der Waals surface area contributed by atoms with Crippen molar-refractivity contribution < 1.29 is 9.53 Å². The zero-order chi connectivity index (χ0) is 15.4. The summed E-state index contributed by atoms with van der Waals surface area (Å²) in [7, 11) is 1.64. The Hall–Kier alpha value is -1.35. The summed E-state index contributed by atoms with van der Waals surface area (Å²) < 4.78 is 5.39. The van der Waals surface area contributed by atoms with E-state index in [1.165, 1.54) is 24.0 Å². The SMILES string of the molecule is CCCN(CCC)C1Cc2cc(OC)c(C(C)=O)cc2C1. The summed E-state index contributed by atoms with van der Waals surface area (Å²) in [4.78, 5) is 14.4. The lowest BCUT2D eigenvalue weighted by atomic mass is 10.0. The Kier molecular flexibility index (Phi) is 5.40. The highest BCUT2D eigenvalue weighted by molar-refractivity contribution is 5.97. The Labute approximate surface area is 128 Å². The Bertz CT molecular complexity index is 504. The summed E-state index contributed by atoms with van der Waals surface area (Å²) in [5.41, 5.74) is 3.39. The predicted molar refractivity (Wildman–Crippen MR) is 86.3 cm³/mol. The van der Waals surface area contributed by atoms with Crippen molar-refractivity contribution in [1.82, 2.24) is 4.90 Å². The number of carbonyl (C=O) groups is 1. The monoisotopic (exact) mass is 289 g/mol. The third kappa shape index (κ3) is 3.46. The summed E-state index contributed by atoms with van der Waals surface area (Å²) in [5, 5.41) is 0. The molecule has 0 saturated heterocycles. The summed E-state index contributed by atoms with van der Waals surface area (Å²) in [6.07, 6.45) is 4.51. The maximum Gasteiger partial charge on any atom is 0.163 e. The smallest absolute Gasteiger partial charge is 0.163 e. The van der Waals surface area contributed by atoms with E-state index in [0.29, 0.717) is 6.04 Å². The average Bonchev–Trinajstić information content (AvgIpc) is 2.88. The summed E-state index contributed by atoms with van der Waals surface area (Å²) in [6.45, 7) is 8.40. The van der Waals surface area contributed by atoms with Crippen LogP contribution in [-0.2, 0) is 12.8 Å². The molecule has 0 fully saturated rings. The molecule has 0 spiro atoms. The third-order valence-electron chi connectivity index (χ3n) is 4.35.